The van der Waals surface area contributed by atoms with Crippen molar-refractivity contribution < 1.29 is 14.3 Å². The van der Waals surface area contributed by atoms with Gasteiger partial charge >= 0.3 is 0 Å². The molecule has 3 aromatic rings. The summed E-state index contributed by atoms with van der Waals surface area (Å²) in [4.78, 5) is 31.3. The van der Waals surface area contributed by atoms with E-state index < -0.39 is 0 Å². The lowest BCUT2D eigenvalue weighted by Crippen LogP contribution is -2.29. The number of hydrogen-bond acceptors (Lipinski definition) is 6. The number of rotatable bonds is 8. The molecule has 0 amide bonds. The van der Waals surface area contributed by atoms with Gasteiger partial charge in [-0.15, -0.1) is 0 Å². The molecule has 5 rings (SSSR count). The molecule has 0 aliphatic carbocycles. The van der Waals surface area contributed by atoms with E-state index in [1.165, 1.54) is 11.8 Å². The summed E-state index contributed by atoms with van der Waals surface area (Å²) in [5, 5.41) is 1.16. The molecule has 2 aliphatic rings. The molecule has 2 atom stereocenters. The van der Waals surface area contributed by atoms with Crippen LogP contribution >= 0.6 is 11.8 Å². The normalized spacial score (nSPS) is 20.4. The molecule has 0 bridgehead atoms. The van der Waals surface area contributed by atoms with E-state index in [-0.39, 0.29) is 29.3 Å². The molecule has 7 nitrogen and oxygen atoms in total. The Balaban J connectivity index is 1.38. The van der Waals surface area contributed by atoms with Crippen LogP contribution in [0.2, 0.25) is 0 Å². The molecule has 0 spiro atoms. The lowest BCUT2D eigenvalue weighted by Gasteiger charge is -2.16. The van der Waals surface area contributed by atoms with E-state index in [9.17, 15) is 9.59 Å². The fraction of sp³-hybridized carbons (Fsp3) is 0.500. The fourth-order valence-electron chi connectivity index (χ4n) is 4.97. The molecule has 2 saturated heterocycles. The van der Waals surface area contributed by atoms with Gasteiger partial charge in [-0.05, 0) is 57.7 Å². The Hall–Kier alpha value is -2.42. The van der Waals surface area contributed by atoms with Gasteiger partial charge in [-0.2, -0.15) is 0 Å². The maximum atomic E-state index is 13.3. The Labute approximate surface area is 203 Å². The smallest absolute Gasteiger partial charge is 0.262 e. The fourth-order valence-corrected chi connectivity index (χ4v) is 5.87. The molecule has 2 unspecified atom stereocenters. The number of ether oxygens (including phenoxy) is 2. The molecule has 8 heteroatoms. The summed E-state index contributed by atoms with van der Waals surface area (Å²) >= 11 is 1.33. The van der Waals surface area contributed by atoms with E-state index in [1.54, 1.807) is 10.6 Å². The number of benzene rings is 1. The van der Waals surface area contributed by atoms with E-state index in [1.807, 2.05) is 38.1 Å². The van der Waals surface area contributed by atoms with Crippen molar-refractivity contribution in [1.29, 1.82) is 0 Å². The van der Waals surface area contributed by atoms with Crippen molar-refractivity contribution >= 4 is 28.4 Å². The van der Waals surface area contributed by atoms with Crippen molar-refractivity contribution in [2.45, 2.75) is 70.0 Å². The Bertz CT molecular complexity index is 1250. The molecule has 0 radical (unpaired) electrons. The summed E-state index contributed by atoms with van der Waals surface area (Å²) in [6.07, 6.45) is 4.32. The zero-order valence-electron chi connectivity index (χ0n) is 19.8. The third kappa shape index (κ3) is 4.72. The van der Waals surface area contributed by atoms with E-state index in [2.05, 4.69) is 4.57 Å². The van der Waals surface area contributed by atoms with Crippen LogP contribution in [0.15, 0.2) is 40.3 Å². The molecule has 0 N–H and O–H groups in total. The van der Waals surface area contributed by atoms with E-state index in [4.69, 9.17) is 14.5 Å². The summed E-state index contributed by atoms with van der Waals surface area (Å²) in [5.41, 5.74) is 3.35. The van der Waals surface area contributed by atoms with Crippen LogP contribution in [0.5, 0.6) is 0 Å². The van der Waals surface area contributed by atoms with Gasteiger partial charge in [0.25, 0.3) is 5.56 Å². The van der Waals surface area contributed by atoms with Crippen molar-refractivity contribution in [3.63, 3.8) is 0 Å². The predicted octanol–water partition coefficient (Wildman–Crippen LogP) is 4.15. The van der Waals surface area contributed by atoms with Gasteiger partial charge in [0.1, 0.15) is 0 Å². The largest absolute Gasteiger partial charge is 0.376 e. The van der Waals surface area contributed by atoms with Crippen molar-refractivity contribution in [3.8, 4) is 0 Å². The zero-order valence-corrected chi connectivity index (χ0v) is 20.6. The molecule has 2 aromatic heterocycles. The highest BCUT2D eigenvalue weighted by Gasteiger charge is 2.23. The number of ketones is 1. The number of para-hydroxylation sites is 1. The summed E-state index contributed by atoms with van der Waals surface area (Å²) in [6.45, 7) is 6.83. The summed E-state index contributed by atoms with van der Waals surface area (Å²) in [5.74, 6) is 0.267. The van der Waals surface area contributed by atoms with Crippen LogP contribution < -0.4 is 5.56 Å². The SMILES string of the molecule is Cc1cc(C(=O)CSc2nc3ccccc3c(=O)n2CC2CCCO2)c(C)n1CC1CCCO1. The predicted molar refractivity (Wildman–Crippen MR) is 133 cm³/mol. The van der Waals surface area contributed by atoms with Crippen molar-refractivity contribution in [3.05, 3.63) is 57.6 Å². The van der Waals surface area contributed by atoms with Gasteiger partial charge in [0.15, 0.2) is 10.9 Å². The highest BCUT2D eigenvalue weighted by Crippen LogP contribution is 2.25. The second kappa shape index (κ2) is 10.1. The second-order valence-corrected chi connectivity index (χ2v) is 10.1. The number of carbonyl (C=O) groups excluding carboxylic acids is 1. The third-order valence-corrected chi connectivity index (χ3v) is 7.83. The van der Waals surface area contributed by atoms with Gasteiger partial charge in [0, 0.05) is 36.7 Å². The minimum Gasteiger partial charge on any atom is -0.376 e. The van der Waals surface area contributed by atoms with Gasteiger partial charge in [-0.1, -0.05) is 23.9 Å². The summed E-state index contributed by atoms with van der Waals surface area (Å²) < 4.78 is 15.5. The summed E-state index contributed by atoms with van der Waals surface area (Å²) in [6, 6.07) is 9.35. The third-order valence-electron chi connectivity index (χ3n) is 6.85. The maximum absolute atomic E-state index is 13.3. The average Bonchev–Trinajstić information content (AvgIpc) is 3.59. The van der Waals surface area contributed by atoms with Crippen LogP contribution in [0.4, 0.5) is 0 Å². The number of hydrogen-bond donors (Lipinski definition) is 0. The highest BCUT2D eigenvalue weighted by molar-refractivity contribution is 7.99. The first-order chi connectivity index (χ1) is 16.5. The van der Waals surface area contributed by atoms with Crippen molar-refractivity contribution in [2.75, 3.05) is 19.0 Å². The number of nitrogens with zero attached hydrogens (tertiary/aromatic N) is 3. The standard InChI is InChI=1S/C26H31N3O4S/c1-17-13-22(18(2)28(17)14-19-7-5-11-32-19)24(30)16-34-26-27-23-10-4-3-9-21(23)25(31)29(26)15-20-8-6-12-33-20/h3-4,9-10,13,19-20H,5-8,11-12,14-16H2,1-2H3. The Morgan fingerprint density at radius 2 is 1.74 bits per heavy atom. The molecule has 0 saturated carbocycles. The number of aryl methyl sites for hydroxylation is 1. The molecule has 2 fully saturated rings. The maximum Gasteiger partial charge on any atom is 0.262 e. The van der Waals surface area contributed by atoms with Crippen LogP contribution in [-0.4, -0.2) is 51.1 Å². The van der Waals surface area contributed by atoms with Crippen LogP contribution in [0.3, 0.4) is 0 Å². The van der Waals surface area contributed by atoms with Gasteiger partial charge in [-0.3, -0.25) is 14.2 Å². The molecule has 1 aromatic carbocycles. The van der Waals surface area contributed by atoms with Crippen LogP contribution in [0.25, 0.3) is 10.9 Å². The lowest BCUT2D eigenvalue weighted by atomic mass is 10.2. The Kier molecular flexibility index (Phi) is 6.90. The van der Waals surface area contributed by atoms with Gasteiger partial charge in [0.05, 0.1) is 35.4 Å². The number of Topliss-reactive ketones (excluding diaryl/α,β-unsaturated/α-hetero) is 1. The second-order valence-electron chi connectivity index (χ2n) is 9.20. The topological polar surface area (TPSA) is 75.4 Å². The molecular formula is C26H31N3O4S. The molecule has 4 heterocycles. The van der Waals surface area contributed by atoms with Crippen molar-refractivity contribution in [1.82, 2.24) is 14.1 Å². The highest BCUT2D eigenvalue weighted by atomic mass is 32.2. The van der Waals surface area contributed by atoms with Gasteiger partial charge in [0.2, 0.25) is 0 Å². The Morgan fingerprint density at radius 3 is 2.41 bits per heavy atom. The van der Waals surface area contributed by atoms with Crippen LogP contribution in [0, 0.1) is 13.8 Å². The van der Waals surface area contributed by atoms with Crippen LogP contribution in [0.1, 0.15) is 47.4 Å². The van der Waals surface area contributed by atoms with Gasteiger partial charge < -0.3 is 14.0 Å². The van der Waals surface area contributed by atoms with Crippen LogP contribution in [-0.2, 0) is 22.6 Å². The van der Waals surface area contributed by atoms with E-state index >= 15 is 0 Å². The molecule has 34 heavy (non-hydrogen) atoms. The summed E-state index contributed by atoms with van der Waals surface area (Å²) in [7, 11) is 0. The van der Waals surface area contributed by atoms with Crippen molar-refractivity contribution in [2.24, 2.45) is 0 Å². The minimum absolute atomic E-state index is 0.00689. The number of carbonyl (C=O) groups is 1. The zero-order chi connectivity index (χ0) is 23.7. The molecular weight excluding hydrogens is 450 g/mol. The van der Waals surface area contributed by atoms with E-state index in [0.29, 0.717) is 22.6 Å². The van der Waals surface area contributed by atoms with E-state index in [0.717, 1.165) is 62.4 Å². The van der Waals surface area contributed by atoms with Gasteiger partial charge in [-0.25, -0.2) is 4.98 Å². The minimum atomic E-state index is -0.0780. The first-order valence-electron chi connectivity index (χ1n) is 12.1. The average molecular weight is 482 g/mol. The number of thioether (sulfide) groups is 1. The Morgan fingerprint density at radius 1 is 1.06 bits per heavy atom. The lowest BCUT2D eigenvalue weighted by molar-refractivity contribution is 0.0937. The first kappa shape index (κ1) is 23.3. The molecule has 2 aliphatic heterocycles. The monoisotopic (exact) mass is 481 g/mol. The number of fused-ring (bicyclic) bond motifs is 1. The number of aromatic nitrogens is 3. The first-order valence-corrected chi connectivity index (χ1v) is 13.1. The quantitative estimate of drug-likeness (QED) is 0.273. The molecule has 180 valence electrons.